The average Bonchev–Trinajstić information content (AvgIpc) is 3.46. The minimum absolute atomic E-state index is 0.185. The van der Waals surface area contributed by atoms with E-state index in [-0.39, 0.29) is 24.3 Å². The molecule has 13 heteroatoms. The third-order valence-corrected chi connectivity index (χ3v) is 9.95. The van der Waals surface area contributed by atoms with E-state index < -0.39 is 20.2 Å². The van der Waals surface area contributed by atoms with Crippen LogP contribution in [0, 0.1) is 11.3 Å². The minimum atomic E-state index is -4.13. The van der Waals surface area contributed by atoms with Crippen molar-refractivity contribution in [2.24, 2.45) is 0 Å². The number of aromatic nitrogens is 1. The van der Waals surface area contributed by atoms with Crippen molar-refractivity contribution in [2.45, 2.75) is 26.3 Å². The van der Waals surface area contributed by atoms with Crippen LogP contribution in [0.1, 0.15) is 30.3 Å². The van der Waals surface area contributed by atoms with Crippen molar-refractivity contribution in [1.82, 2.24) is 0 Å². The Bertz CT molecular complexity index is 2010. The molecule has 0 fully saturated rings. The van der Waals surface area contributed by atoms with E-state index >= 15 is 0 Å². The summed E-state index contributed by atoms with van der Waals surface area (Å²) in [5.41, 5.74) is 3.14. The first-order chi connectivity index (χ1) is 20.5. The van der Waals surface area contributed by atoms with Crippen LogP contribution in [0.4, 0.5) is 11.4 Å². The number of benzene rings is 3. The first-order valence-corrected chi connectivity index (χ1v) is 17.7. The summed E-state index contributed by atoms with van der Waals surface area (Å²) in [4.78, 5) is 4.03. The van der Waals surface area contributed by atoms with Gasteiger partial charge < -0.3 is 9.80 Å². The molecule has 0 spiro atoms. The Kier molecular flexibility index (Phi) is 8.86. The monoisotopic (exact) mass is 639 g/mol. The summed E-state index contributed by atoms with van der Waals surface area (Å²) in [6.45, 7) is 3.32. The maximum atomic E-state index is 11.4. The van der Waals surface area contributed by atoms with Crippen LogP contribution >= 0.6 is 11.3 Å². The van der Waals surface area contributed by atoms with Gasteiger partial charge in [0, 0.05) is 25.6 Å². The largest absolute Gasteiger partial charge is 0.326 e. The Morgan fingerprint density at radius 2 is 1.70 bits per heavy atom. The van der Waals surface area contributed by atoms with Gasteiger partial charge in [0.1, 0.15) is 10.5 Å². The predicted octanol–water partition coefficient (Wildman–Crippen LogP) is 4.97. The summed E-state index contributed by atoms with van der Waals surface area (Å²) < 4.78 is 67.4. The number of aryl methyl sites for hydroxylation is 1. The van der Waals surface area contributed by atoms with Crippen LogP contribution in [-0.2, 0) is 26.8 Å². The molecule has 0 unspecified atom stereocenters. The van der Waals surface area contributed by atoms with Gasteiger partial charge in [-0.05, 0) is 55.1 Å². The third kappa shape index (κ3) is 6.90. The molecule has 10 nitrogen and oxygen atoms in total. The number of rotatable bonds is 11. The van der Waals surface area contributed by atoms with E-state index in [1.54, 1.807) is 23.5 Å². The summed E-state index contributed by atoms with van der Waals surface area (Å²) in [5, 5.41) is 12.5. The number of fused-ring (bicyclic) bond motifs is 4. The Morgan fingerprint density at radius 1 is 0.953 bits per heavy atom. The van der Waals surface area contributed by atoms with Crippen molar-refractivity contribution >= 4 is 70.0 Å². The molecule has 43 heavy (non-hydrogen) atoms. The molecule has 1 aliphatic heterocycles. The third-order valence-electron chi connectivity index (χ3n) is 7.22. The molecular formula is C30H31N4O6S3+. The molecule has 2 N–H and O–H groups in total. The average molecular weight is 640 g/mol. The van der Waals surface area contributed by atoms with Crippen LogP contribution in [0.25, 0.3) is 27.1 Å². The lowest BCUT2D eigenvalue weighted by Gasteiger charge is -2.24. The van der Waals surface area contributed by atoms with Gasteiger partial charge in [0.15, 0.2) is 6.54 Å². The van der Waals surface area contributed by atoms with E-state index in [4.69, 9.17) is 0 Å². The first-order valence-electron chi connectivity index (χ1n) is 13.7. The predicted molar refractivity (Wildman–Crippen MR) is 170 cm³/mol. The van der Waals surface area contributed by atoms with Crippen LogP contribution in [0.2, 0.25) is 0 Å². The van der Waals surface area contributed by atoms with Crippen LogP contribution in [-0.4, -0.2) is 50.5 Å². The standard InChI is InChI=1S/C30H30N4O6S3/c1-2-32-25-14-12-22(21-31)20-26(25)33(16-6-18-42(35,36)37)28(32)10-5-11-29-34(17-7-19-43(38,39)40)30-24-9-4-3-8-23(24)13-15-27(30)41-29/h3-5,8-15,20H,2,6-7,16-19H2,1H3,(H-,35,36,37,38,39,40)/p+1. The number of hydrogen-bond donors (Lipinski definition) is 2. The molecule has 5 rings (SSSR count). The molecular weight excluding hydrogens is 609 g/mol. The van der Waals surface area contributed by atoms with Crippen molar-refractivity contribution in [3.63, 3.8) is 0 Å². The maximum Gasteiger partial charge on any atom is 0.265 e. The van der Waals surface area contributed by atoms with Gasteiger partial charge >= 0.3 is 0 Å². The van der Waals surface area contributed by atoms with Gasteiger partial charge in [-0.3, -0.25) is 9.11 Å². The highest BCUT2D eigenvalue weighted by Gasteiger charge is 2.30. The van der Waals surface area contributed by atoms with Crippen LogP contribution in [0.3, 0.4) is 0 Å². The van der Waals surface area contributed by atoms with Gasteiger partial charge in [0.05, 0.1) is 39.9 Å². The van der Waals surface area contributed by atoms with Gasteiger partial charge in [0.25, 0.3) is 25.2 Å². The summed E-state index contributed by atoms with van der Waals surface area (Å²) in [6, 6.07) is 19.7. The van der Waals surface area contributed by atoms with E-state index in [2.05, 4.69) is 21.6 Å². The molecule has 1 aliphatic rings. The Hall–Kier alpha value is -3.80. The molecule has 2 heterocycles. The molecule has 0 saturated heterocycles. The summed E-state index contributed by atoms with van der Waals surface area (Å²) in [5.74, 6) is 0.0664. The summed E-state index contributed by atoms with van der Waals surface area (Å²) in [6.07, 6.45) is 6.20. The Balaban J connectivity index is 1.55. The molecule has 224 valence electrons. The Morgan fingerprint density at radius 3 is 2.42 bits per heavy atom. The fraction of sp³-hybridized carbons (Fsp3) is 0.267. The fourth-order valence-corrected chi connectivity index (χ4v) is 7.53. The number of allylic oxidation sites excluding steroid dienone is 2. The molecule has 0 atom stereocenters. The molecule has 1 aromatic heterocycles. The van der Waals surface area contributed by atoms with E-state index in [1.165, 1.54) is 0 Å². The van der Waals surface area contributed by atoms with Gasteiger partial charge in [0.2, 0.25) is 5.52 Å². The van der Waals surface area contributed by atoms with Crippen molar-refractivity contribution in [3.05, 3.63) is 83.1 Å². The highest BCUT2D eigenvalue weighted by molar-refractivity contribution is 7.86. The van der Waals surface area contributed by atoms with Crippen molar-refractivity contribution in [1.29, 1.82) is 5.26 Å². The molecule has 0 amide bonds. The van der Waals surface area contributed by atoms with E-state index in [0.717, 1.165) is 43.2 Å². The van der Waals surface area contributed by atoms with Crippen LogP contribution in [0.15, 0.2) is 72.6 Å². The highest BCUT2D eigenvalue weighted by Crippen LogP contribution is 2.42. The van der Waals surface area contributed by atoms with Crippen molar-refractivity contribution in [3.8, 4) is 6.07 Å². The first kappa shape index (κ1) is 30.7. The molecule has 0 aliphatic carbocycles. The number of hydrogen-bond acceptors (Lipinski definition) is 8. The zero-order valence-electron chi connectivity index (χ0n) is 23.4. The van der Waals surface area contributed by atoms with E-state index in [1.807, 2.05) is 66.4 Å². The number of anilines is 2. The summed E-state index contributed by atoms with van der Waals surface area (Å²) >= 11 is 1.57. The molecule has 0 radical (unpaired) electrons. The SMILES string of the molecule is CCN1C(=CC=Cc2sc3ccc4ccccc4c3[n+]2CCCS(=O)(=O)O)N(CCCS(=O)(=O)O)c2cc(C#N)ccc21. The number of nitriles is 1. The van der Waals surface area contributed by atoms with Gasteiger partial charge in [-0.25, -0.2) is 0 Å². The second-order valence-corrected chi connectivity index (χ2v) is 14.3. The fourth-order valence-electron chi connectivity index (χ4n) is 5.42. The smallest absolute Gasteiger partial charge is 0.265 e. The van der Waals surface area contributed by atoms with Crippen LogP contribution in [0.5, 0.6) is 0 Å². The summed E-state index contributed by atoms with van der Waals surface area (Å²) in [7, 11) is -8.23. The molecule has 4 aromatic rings. The normalized spacial score (nSPS) is 14.8. The Labute approximate surface area is 254 Å². The lowest BCUT2D eigenvalue weighted by atomic mass is 10.1. The number of thiazole rings is 1. The van der Waals surface area contributed by atoms with Gasteiger partial charge in [-0.2, -0.15) is 26.7 Å². The van der Waals surface area contributed by atoms with Crippen molar-refractivity contribution < 1.29 is 30.5 Å². The zero-order chi connectivity index (χ0) is 30.8. The molecule has 0 bridgehead atoms. The lowest BCUT2D eigenvalue weighted by molar-refractivity contribution is -0.667. The second kappa shape index (κ2) is 12.4. The minimum Gasteiger partial charge on any atom is -0.326 e. The molecule has 3 aromatic carbocycles. The maximum absolute atomic E-state index is 11.4. The van der Waals surface area contributed by atoms with Gasteiger partial charge in [-0.15, -0.1) is 0 Å². The molecule has 0 saturated carbocycles. The zero-order valence-corrected chi connectivity index (χ0v) is 25.9. The van der Waals surface area contributed by atoms with Crippen LogP contribution < -0.4 is 14.4 Å². The number of nitrogens with zero attached hydrogens (tertiary/aromatic N) is 4. The van der Waals surface area contributed by atoms with E-state index in [0.29, 0.717) is 25.2 Å². The van der Waals surface area contributed by atoms with Crippen molar-refractivity contribution in [2.75, 3.05) is 34.4 Å². The van der Waals surface area contributed by atoms with Gasteiger partial charge in [-0.1, -0.05) is 41.7 Å². The topological polar surface area (TPSA) is 143 Å². The highest BCUT2D eigenvalue weighted by atomic mass is 32.2. The quantitative estimate of drug-likeness (QED) is 0.172. The second-order valence-electron chi connectivity index (χ2n) is 10.1. The van der Waals surface area contributed by atoms with E-state index in [9.17, 15) is 31.2 Å². The lowest BCUT2D eigenvalue weighted by Crippen LogP contribution is -2.36.